The maximum absolute atomic E-state index is 10.7. The third-order valence-electron chi connectivity index (χ3n) is 2.55. The molecule has 0 spiro atoms. The number of benzene rings is 1. The number of aromatic nitrogens is 2. The van der Waals surface area contributed by atoms with E-state index in [1.807, 2.05) is 35.9 Å². The Kier molecular flexibility index (Phi) is 3.19. The van der Waals surface area contributed by atoms with Gasteiger partial charge in [-0.1, -0.05) is 34.1 Å². The lowest BCUT2D eigenvalue weighted by atomic mass is 10.2. The Bertz CT molecular complexity index is 519. The first kappa shape index (κ1) is 11.1. The standard InChI is InChI=1S/C12H11BrN2O/c1-9-11(8-16)6-14-15(9)7-10-4-2-3-5-12(10)13/h2-6,8H,7H2,1H3. The summed E-state index contributed by atoms with van der Waals surface area (Å²) in [5.41, 5.74) is 2.68. The van der Waals surface area contributed by atoms with Crippen LogP contribution in [0.25, 0.3) is 0 Å². The van der Waals surface area contributed by atoms with Crippen LogP contribution in [0.5, 0.6) is 0 Å². The van der Waals surface area contributed by atoms with Crippen LogP contribution in [0.15, 0.2) is 34.9 Å². The number of carbonyl (C=O) groups excluding carboxylic acids is 1. The second-order valence-electron chi connectivity index (χ2n) is 3.55. The van der Waals surface area contributed by atoms with Gasteiger partial charge in [0, 0.05) is 10.2 Å². The van der Waals surface area contributed by atoms with E-state index < -0.39 is 0 Å². The number of hydrogen-bond acceptors (Lipinski definition) is 2. The van der Waals surface area contributed by atoms with Crippen molar-refractivity contribution in [2.75, 3.05) is 0 Å². The minimum absolute atomic E-state index is 0.645. The molecule has 3 nitrogen and oxygen atoms in total. The maximum Gasteiger partial charge on any atom is 0.153 e. The van der Waals surface area contributed by atoms with Gasteiger partial charge in [0.1, 0.15) is 0 Å². The molecule has 0 saturated heterocycles. The molecule has 0 fully saturated rings. The topological polar surface area (TPSA) is 34.9 Å². The summed E-state index contributed by atoms with van der Waals surface area (Å²) >= 11 is 3.49. The van der Waals surface area contributed by atoms with E-state index in [-0.39, 0.29) is 0 Å². The normalized spacial score (nSPS) is 10.4. The van der Waals surface area contributed by atoms with Crippen LogP contribution in [0, 0.1) is 6.92 Å². The molecule has 1 aromatic heterocycles. The van der Waals surface area contributed by atoms with Gasteiger partial charge in [0.2, 0.25) is 0 Å². The molecule has 1 heterocycles. The summed E-state index contributed by atoms with van der Waals surface area (Å²) in [5, 5.41) is 4.19. The molecular formula is C12H11BrN2O. The zero-order valence-corrected chi connectivity index (χ0v) is 10.4. The molecule has 0 aliphatic carbocycles. The van der Waals surface area contributed by atoms with Gasteiger partial charge in [0.05, 0.1) is 18.3 Å². The Labute approximate surface area is 102 Å². The minimum Gasteiger partial charge on any atom is -0.298 e. The van der Waals surface area contributed by atoms with Gasteiger partial charge in [-0.05, 0) is 18.6 Å². The molecule has 16 heavy (non-hydrogen) atoms. The van der Waals surface area contributed by atoms with E-state index in [4.69, 9.17) is 0 Å². The van der Waals surface area contributed by atoms with Crippen LogP contribution < -0.4 is 0 Å². The van der Waals surface area contributed by atoms with E-state index in [1.165, 1.54) is 0 Å². The van der Waals surface area contributed by atoms with Crippen molar-refractivity contribution in [2.24, 2.45) is 0 Å². The van der Waals surface area contributed by atoms with Gasteiger partial charge < -0.3 is 0 Å². The van der Waals surface area contributed by atoms with E-state index in [1.54, 1.807) is 6.20 Å². The Morgan fingerprint density at radius 2 is 2.19 bits per heavy atom. The van der Waals surface area contributed by atoms with Crippen molar-refractivity contribution in [1.82, 2.24) is 9.78 Å². The fourth-order valence-electron chi connectivity index (χ4n) is 1.52. The predicted molar refractivity (Wildman–Crippen MR) is 65.6 cm³/mol. The molecule has 82 valence electrons. The monoisotopic (exact) mass is 278 g/mol. The van der Waals surface area contributed by atoms with Gasteiger partial charge in [0.25, 0.3) is 0 Å². The number of halogens is 1. The first-order chi connectivity index (χ1) is 7.72. The van der Waals surface area contributed by atoms with E-state index in [0.717, 1.165) is 22.0 Å². The Balaban J connectivity index is 2.31. The van der Waals surface area contributed by atoms with Crippen LogP contribution >= 0.6 is 15.9 Å². The highest BCUT2D eigenvalue weighted by atomic mass is 79.9. The summed E-state index contributed by atoms with van der Waals surface area (Å²) in [6.45, 7) is 2.56. The molecule has 1 aromatic carbocycles. The predicted octanol–water partition coefficient (Wildman–Crippen LogP) is 2.81. The van der Waals surface area contributed by atoms with Gasteiger partial charge >= 0.3 is 0 Å². The van der Waals surface area contributed by atoms with Crippen LogP contribution in [0.3, 0.4) is 0 Å². The van der Waals surface area contributed by atoms with Crippen LogP contribution in [0.1, 0.15) is 21.6 Å². The largest absolute Gasteiger partial charge is 0.298 e. The fourth-order valence-corrected chi connectivity index (χ4v) is 1.93. The fraction of sp³-hybridized carbons (Fsp3) is 0.167. The summed E-state index contributed by atoms with van der Waals surface area (Å²) < 4.78 is 2.88. The first-order valence-electron chi connectivity index (χ1n) is 4.93. The summed E-state index contributed by atoms with van der Waals surface area (Å²) in [5.74, 6) is 0. The highest BCUT2D eigenvalue weighted by Gasteiger charge is 2.06. The van der Waals surface area contributed by atoms with Crippen LogP contribution in [-0.4, -0.2) is 16.1 Å². The molecule has 0 unspecified atom stereocenters. The lowest BCUT2D eigenvalue weighted by Crippen LogP contribution is -2.04. The molecule has 0 saturated carbocycles. The van der Waals surface area contributed by atoms with Crippen LogP contribution in [0.2, 0.25) is 0 Å². The average molecular weight is 279 g/mol. The summed E-state index contributed by atoms with van der Waals surface area (Å²) in [6, 6.07) is 7.99. The molecule has 0 amide bonds. The van der Waals surface area contributed by atoms with Gasteiger partial charge in [-0.3, -0.25) is 9.48 Å². The highest BCUT2D eigenvalue weighted by Crippen LogP contribution is 2.17. The molecule has 0 radical (unpaired) electrons. The maximum atomic E-state index is 10.7. The lowest BCUT2D eigenvalue weighted by Gasteiger charge is -2.06. The molecule has 0 N–H and O–H groups in total. The smallest absolute Gasteiger partial charge is 0.153 e. The Hall–Kier alpha value is -1.42. The number of hydrogen-bond donors (Lipinski definition) is 0. The third-order valence-corrected chi connectivity index (χ3v) is 3.32. The third kappa shape index (κ3) is 2.07. The van der Waals surface area contributed by atoms with Crippen molar-refractivity contribution >= 4 is 22.2 Å². The molecule has 0 aliphatic heterocycles. The second kappa shape index (κ2) is 4.61. The molecule has 0 atom stereocenters. The quantitative estimate of drug-likeness (QED) is 0.810. The Morgan fingerprint density at radius 1 is 1.44 bits per heavy atom. The first-order valence-corrected chi connectivity index (χ1v) is 5.72. The number of aldehydes is 1. The van der Waals surface area contributed by atoms with E-state index >= 15 is 0 Å². The zero-order valence-electron chi connectivity index (χ0n) is 8.85. The molecule has 0 aliphatic rings. The van der Waals surface area contributed by atoms with E-state index in [2.05, 4.69) is 21.0 Å². The van der Waals surface area contributed by atoms with Crippen molar-refractivity contribution in [1.29, 1.82) is 0 Å². The van der Waals surface area contributed by atoms with Crippen LogP contribution in [0.4, 0.5) is 0 Å². The summed E-state index contributed by atoms with van der Waals surface area (Å²) in [7, 11) is 0. The average Bonchev–Trinajstić information content (AvgIpc) is 2.63. The second-order valence-corrected chi connectivity index (χ2v) is 4.41. The molecular weight excluding hydrogens is 268 g/mol. The molecule has 4 heteroatoms. The van der Waals surface area contributed by atoms with Crippen molar-refractivity contribution in [3.63, 3.8) is 0 Å². The van der Waals surface area contributed by atoms with E-state index in [9.17, 15) is 4.79 Å². The molecule has 2 aromatic rings. The highest BCUT2D eigenvalue weighted by molar-refractivity contribution is 9.10. The molecule has 2 rings (SSSR count). The van der Waals surface area contributed by atoms with Gasteiger partial charge in [0.15, 0.2) is 6.29 Å². The van der Waals surface area contributed by atoms with Crippen molar-refractivity contribution in [3.05, 3.63) is 51.8 Å². The van der Waals surface area contributed by atoms with E-state index in [0.29, 0.717) is 12.1 Å². The van der Waals surface area contributed by atoms with Crippen molar-refractivity contribution in [2.45, 2.75) is 13.5 Å². The lowest BCUT2D eigenvalue weighted by molar-refractivity contribution is 0.112. The van der Waals surface area contributed by atoms with Crippen molar-refractivity contribution in [3.8, 4) is 0 Å². The Morgan fingerprint density at radius 3 is 2.81 bits per heavy atom. The van der Waals surface area contributed by atoms with Gasteiger partial charge in [-0.15, -0.1) is 0 Å². The number of nitrogens with zero attached hydrogens (tertiary/aromatic N) is 2. The molecule has 0 bridgehead atoms. The zero-order chi connectivity index (χ0) is 11.5. The number of rotatable bonds is 3. The minimum atomic E-state index is 0.645. The number of carbonyl (C=O) groups is 1. The summed E-state index contributed by atoms with van der Waals surface area (Å²) in [6.07, 6.45) is 2.43. The van der Waals surface area contributed by atoms with Crippen molar-refractivity contribution < 1.29 is 4.79 Å². The SMILES string of the molecule is Cc1c(C=O)cnn1Cc1ccccc1Br. The summed E-state index contributed by atoms with van der Waals surface area (Å²) in [4.78, 5) is 10.7. The van der Waals surface area contributed by atoms with Gasteiger partial charge in [-0.2, -0.15) is 5.10 Å². The van der Waals surface area contributed by atoms with Gasteiger partial charge in [-0.25, -0.2) is 0 Å². The van der Waals surface area contributed by atoms with Crippen LogP contribution in [-0.2, 0) is 6.54 Å².